The van der Waals surface area contributed by atoms with E-state index in [9.17, 15) is 9.59 Å². The second-order valence-electron chi connectivity index (χ2n) is 5.54. The number of anilines is 1. The molecule has 0 aliphatic rings. The topological polar surface area (TPSA) is 83.6 Å². The third-order valence-electron chi connectivity index (χ3n) is 2.77. The first-order valence-corrected chi connectivity index (χ1v) is 6.59. The van der Waals surface area contributed by atoms with Crippen molar-refractivity contribution in [2.75, 3.05) is 12.3 Å². The second-order valence-corrected chi connectivity index (χ2v) is 5.98. The highest BCUT2D eigenvalue weighted by molar-refractivity contribution is 6.31. The molecule has 0 saturated carbocycles. The fourth-order valence-corrected chi connectivity index (χ4v) is 2.08. The van der Waals surface area contributed by atoms with Crippen LogP contribution in [0.3, 0.4) is 0 Å². The number of rotatable bonds is 4. The molecule has 0 aromatic heterocycles. The number of nitrogens with zero attached hydrogens (tertiary/aromatic N) is 1. The summed E-state index contributed by atoms with van der Waals surface area (Å²) >= 11 is 5.90. The number of aliphatic carboxylic acids is 1. The van der Waals surface area contributed by atoms with Gasteiger partial charge in [-0.25, -0.2) is 0 Å². The number of carboxylic acids is 1. The summed E-state index contributed by atoms with van der Waals surface area (Å²) in [6, 6.07) is 4.62. The zero-order chi connectivity index (χ0) is 15.5. The van der Waals surface area contributed by atoms with Gasteiger partial charge in [0.15, 0.2) is 0 Å². The van der Waals surface area contributed by atoms with Gasteiger partial charge in [0.25, 0.3) is 5.91 Å². The first-order chi connectivity index (χ1) is 9.11. The summed E-state index contributed by atoms with van der Waals surface area (Å²) in [6.45, 7) is 5.67. The molecule has 1 aromatic rings. The van der Waals surface area contributed by atoms with Crippen molar-refractivity contribution in [1.82, 2.24) is 4.90 Å². The average Bonchev–Trinajstić information content (AvgIpc) is 2.25. The Morgan fingerprint density at radius 1 is 1.30 bits per heavy atom. The molecule has 1 amide bonds. The smallest absolute Gasteiger partial charge is 0.305 e. The molecule has 1 rings (SSSR count). The molecular formula is C14H19ClN2O3. The molecule has 0 unspecified atom stereocenters. The van der Waals surface area contributed by atoms with Gasteiger partial charge in [-0.05, 0) is 39.0 Å². The third kappa shape index (κ3) is 4.42. The summed E-state index contributed by atoms with van der Waals surface area (Å²) in [5.41, 5.74) is 5.94. The Labute approximate surface area is 123 Å². The van der Waals surface area contributed by atoms with Gasteiger partial charge in [0, 0.05) is 28.4 Å². The molecule has 1 aromatic carbocycles. The maximum absolute atomic E-state index is 12.5. The lowest BCUT2D eigenvalue weighted by Gasteiger charge is -2.35. The summed E-state index contributed by atoms with van der Waals surface area (Å²) in [4.78, 5) is 24.8. The van der Waals surface area contributed by atoms with Gasteiger partial charge in [-0.2, -0.15) is 0 Å². The summed E-state index contributed by atoms with van der Waals surface area (Å²) < 4.78 is 0. The van der Waals surface area contributed by atoms with Crippen LogP contribution in [0.4, 0.5) is 5.69 Å². The van der Waals surface area contributed by atoms with E-state index in [4.69, 9.17) is 22.4 Å². The fraction of sp³-hybridized carbons (Fsp3) is 0.429. The van der Waals surface area contributed by atoms with Crippen molar-refractivity contribution >= 4 is 29.2 Å². The number of carbonyl (C=O) groups is 2. The quantitative estimate of drug-likeness (QED) is 0.837. The van der Waals surface area contributed by atoms with Crippen molar-refractivity contribution in [3.05, 3.63) is 28.8 Å². The predicted octanol–water partition coefficient (Wildman–Crippen LogP) is 2.64. The molecule has 5 nitrogen and oxygen atoms in total. The van der Waals surface area contributed by atoms with Crippen LogP contribution in [0.2, 0.25) is 5.02 Å². The van der Waals surface area contributed by atoms with Crippen LogP contribution >= 0.6 is 11.6 Å². The largest absolute Gasteiger partial charge is 0.481 e. The van der Waals surface area contributed by atoms with E-state index in [1.165, 1.54) is 17.0 Å². The Balaban J connectivity index is 3.06. The van der Waals surface area contributed by atoms with Crippen LogP contribution in [0.25, 0.3) is 0 Å². The lowest BCUT2D eigenvalue weighted by atomic mass is 10.0. The Hall–Kier alpha value is -1.75. The number of carboxylic acid groups (broad SMARTS) is 1. The van der Waals surface area contributed by atoms with Gasteiger partial charge in [-0.3, -0.25) is 9.59 Å². The first-order valence-electron chi connectivity index (χ1n) is 6.21. The van der Waals surface area contributed by atoms with E-state index in [0.29, 0.717) is 16.3 Å². The van der Waals surface area contributed by atoms with E-state index in [0.717, 1.165) is 0 Å². The Morgan fingerprint density at radius 3 is 2.35 bits per heavy atom. The van der Waals surface area contributed by atoms with Crippen LogP contribution in [0.1, 0.15) is 37.6 Å². The highest BCUT2D eigenvalue weighted by atomic mass is 35.5. The molecule has 0 aliphatic carbocycles. The number of hydrogen-bond donors (Lipinski definition) is 2. The third-order valence-corrected chi connectivity index (χ3v) is 2.99. The van der Waals surface area contributed by atoms with Crippen LogP contribution in [0.5, 0.6) is 0 Å². The maximum Gasteiger partial charge on any atom is 0.305 e. The lowest BCUT2D eigenvalue weighted by Crippen LogP contribution is -2.46. The van der Waals surface area contributed by atoms with Crippen LogP contribution in [0, 0.1) is 0 Å². The lowest BCUT2D eigenvalue weighted by molar-refractivity contribution is -0.137. The summed E-state index contributed by atoms with van der Waals surface area (Å²) in [5, 5.41) is 9.17. The molecule has 0 spiro atoms. The molecule has 110 valence electrons. The van der Waals surface area contributed by atoms with E-state index >= 15 is 0 Å². The van der Waals surface area contributed by atoms with Gasteiger partial charge in [0.05, 0.1) is 6.42 Å². The molecule has 0 fully saturated rings. The van der Waals surface area contributed by atoms with Gasteiger partial charge in [-0.1, -0.05) is 11.6 Å². The SMILES string of the molecule is CC(C)(C)N(CCC(=O)O)C(=O)c1cc(N)cc(Cl)c1. The molecule has 0 bridgehead atoms. The molecule has 0 radical (unpaired) electrons. The Bertz CT molecular complexity index is 503. The number of amides is 1. The average molecular weight is 299 g/mol. The van der Waals surface area contributed by atoms with Gasteiger partial charge in [0.2, 0.25) is 0 Å². The predicted molar refractivity (Wildman–Crippen MR) is 78.9 cm³/mol. The fourth-order valence-electron chi connectivity index (χ4n) is 1.84. The van der Waals surface area contributed by atoms with Crippen LogP contribution in [-0.4, -0.2) is 34.0 Å². The van der Waals surface area contributed by atoms with Crippen LogP contribution in [-0.2, 0) is 4.79 Å². The number of benzene rings is 1. The van der Waals surface area contributed by atoms with E-state index in [1.54, 1.807) is 6.07 Å². The van der Waals surface area contributed by atoms with Crippen molar-refractivity contribution in [3.63, 3.8) is 0 Å². The molecule has 0 saturated heterocycles. The zero-order valence-corrected chi connectivity index (χ0v) is 12.6. The monoisotopic (exact) mass is 298 g/mol. The molecule has 20 heavy (non-hydrogen) atoms. The molecule has 3 N–H and O–H groups in total. The molecule has 6 heteroatoms. The van der Waals surface area contributed by atoms with Gasteiger partial charge >= 0.3 is 5.97 Å². The van der Waals surface area contributed by atoms with Crippen LogP contribution in [0.15, 0.2) is 18.2 Å². The molecule has 0 heterocycles. The van der Waals surface area contributed by atoms with Crippen molar-refractivity contribution in [3.8, 4) is 0 Å². The summed E-state index contributed by atoms with van der Waals surface area (Å²) in [7, 11) is 0. The van der Waals surface area contributed by atoms with Crippen molar-refractivity contribution < 1.29 is 14.7 Å². The number of nitrogens with two attached hydrogens (primary N) is 1. The zero-order valence-electron chi connectivity index (χ0n) is 11.8. The summed E-state index contributed by atoms with van der Waals surface area (Å²) in [6.07, 6.45) is -0.112. The number of hydrogen-bond acceptors (Lipinski definition) is 3. The standard InChI is InChI=1S/C14H19ClN2O3/c1-14(2,3)17(5-4-12(18)19)13(20)9-6-10(15)8-11(16)7-9/h6-8H,4-5,16H2,1-3H3,(H,18,19). The Morgan fingerprint density at radius 2 is 1.90 bits per heavy atom. The minimum absolute atomic E-state index is 0.112. The molecular weight excluding hydrogens is 280 g/mol. The normalized spacial score (nSPS) is 11.2. The number of nitrogen functional groups attached to an aromatic ring is 1. The molecule has 0 aliphatic heterocycles. The van der Waals surface area contributed by atoms with E-state index in [-0.39, 0.29) is 18.9 Å². The highest BCUT2D eigenvalue weighted by Gasteiger charge is 2.28. The van der Waals surface area contributed by atoms with E-state index < -0.39 is 11.5 Å². The molecule has 0 atom stereocenters. The summed E-state index contributed by atoms with van der Waals surface area (Å²) in [5.74, 6) is -1.23. The van der Waals surface area contributed by atoms with Crippen LogP contribution < -0.4 is 5.73 Å². The second kappa shape index (κ2) is 6.13. The number of halogens is 1. The van der Waals surface area contributed by atoms with Gasteiger partial charge in [0.1, 0.15) is 0 Å². The van der Waals surface area contributed by atoms with Crippen molar-refractivity contribution in [1.29, 1.82) is 0 Å². The van der Waals surface area contributed by atoms with Gasteiger partial charge in [-0.15, -0.1) is 0 Å². The number of carbonyl (C=O) groups excluding carboxylic acids is 1. The highest BCUT2D eigenvalue weighted by Crippen LogP contribution is 2.22. The van der Waals surface area contributed by atoms with E-state index in [2.05, 4.69) is 0 Å². The van der Waals surface area contributed by atoms with Crippen molar-refractivity contribution in [2.45, 2.75) is 32.7 Å². The van der Waals surface area contributed by atoms with Crippen molar-refractivity contribution in [2.24, 2.45) is 0 Å². The van der Waals surface area contributed by atoms with E-state index in [1.807, 2.05) is 20.8 Å². The maximum atomic E-state index is 12.5. The minimum Gasteiger partial charge on any atom is -0.481 e. The Kier molecular flexibility index (Phi) is 5.00. The van der Waals surface area contributed by atoms with Gasteiger partial charge < -0.3 is 15.7 Å². The minimum atomic E-state index is -0.947. The first kappa shape index (κ1) is 16.3.